The van der Waals surface area contributed by atoms with Crippen LogP contribution in [0.1, 0.15) is 51.0 Å². The van der Waals surface area contributed by atoms with Gasteiger partial charge in [-0.15, -0.1) is 0 Å². The molecule has 0 bridgehead atoms. The molecule has 2 atom stereocenters. The minimum absolute atomic E-state index is 0.00322. The summed E-state index contributed by atoms with van der Waals surface area (Å²) in [4.78, 5) is 25.0. The molecule has 0 radical (unpaired) electrons. The highest BCUT2D eigenvalue weighted by atomic mass is 35.5. The average molecular weight is 482 g/mol. The monoisotopic (exact) mass is 481 g/mol. The first-order valence-corrected chi connectivity index (χ1v) is 12.7. The van der Waals surface area contributed by atoms with Gasteiger partial charge in [0.05, 0.1) is 28.0 Å². The van der Waals surface area contributed by atoms with Crippen molar-refractivity contribution in [3.63, 3.8) is 0 Å². The Hall–Kier alpha value is -2.23. The fourth-order valence-corrected chi connectivity index (χ4v) is 5.32. The van der Waals surface area contributed by atoms with Crippen molar-refractivity contribution < 1.29 is 23.1 Å². The van der Waals surface area contributed by atoms with E-state index in [0.29, 0.717) is 30.6 Å². The Morgan fingerprint density at radius 1 is 1.38 bits per heavy atom. The number of nitrogens with zero attached hydrogens (tertiary/aromatic N) is 2. The number of carbonyl (C=O) groups excluding carboxylic acids is 2. The summed E-state index contributed by atoms with van der Waals surface area (Å²) in [6, 6.07) is 6.15. The Labute approximate surface area is 192 Å². The normalized spacial score (nSPS) is 18.0. The number of rotatable bonds is 8. The summed E-state index contributed by atoms with van der Waals surface area (Å²) >= 11 is 6.22. The van der Waals surface area contributed by atoms with Crippen molar-refractivity contribution in [1.82, 2.24) is 9.78 Å². The number of Topliss-reactive ketones (excluding diaryl/α,β-unsaturated/α-hetero) is 1. The van der Waals surface area contributed by atoms with Crippen LogP contribution in [0, 0.1) is 5.92 Å². The van der Waals surface area contributed by atoms with Gasteiger partial charge >= 0.3 is 0 Å². The Morgan fingerprint density at radius 3 is 2.66 bits per heavy atom. The summed E-state index contributed by atoms with van der Waals surface area (Å²) in [5.74, 6) is -0.354. The van der Waals surface area contributed by atoms with Crippen molar-refractivity contribution in [1.29, 1.82) is 0 Å². The summed E-state index contributed by atoms with van der Waals surface area (Å²) in [5.41, 5.74) is -0.377. The molecule has 1 fully saturated rings. The van der Waals surface area contributed by atoms with E-state index in [4.69, 9.17) is 11.6 Å². The van der Waals surface area contributed by atoms with Gasteiger partial charge in [-0.25, -0.2) is 8.42 Å². The van der Waals surface area contributed by atoms with Gasteiger partial charge in [-0.2, -0.15) is 5.10 Å². The van der Waals surface area contributed by atoms with Gasteiger partial charge in [-0.1, -0.05) is 17.7 Å². The average Bonchev–Trinajstić information content (AvgIpc) is 3.25. The summed E-state index contributed by atoms with van der Waals surface area (Å²) in [7, 11) is -3.50. The van der Waals surface area contributed by atoms with Gasteiger partial charge < -0.3 is 10.4 Å². The topological polar surface area (TPSA) is 118 Å². The number of ketones is 1. The zero-order valence-corrected chi connectivity index (χ0v) is 19.9. The largest absolute Gasteiger partial charge is 0.389 e. The molecule has 2 unspecified atom stereocenters. The maximum absolute atomic E-state index is 13.2. The number of nitrogens with one attached hydrogen (secondary N) is 1. The van der Waals surface area contributed by atoms with Gasteiger partial charge in [-0.05, 0) is 50.3 Å². The number of hydrogen-bond donors (Lipinski definition) is 2. The molecule has 0 saturated heterocycles. The smallest absolute Gasteiger partial charge is 0.233 e. The Kier molecular flexibility index (Phi) is 7.12. The molecule has 1 saturated carbocycles. The summed E-state index contributed by atoms with van der Waals surface area (Å²) in [6.07, 6.45) is 4.84. The van der Waals surface area contributed by atoms with Gasteiger partial charge in [0.1, 0.15) is 5.78 Å². The van der Waals surface area contributed by atoms with Crippen molar-refractivity contribution >= 4 is 38.9 Å². The summed E-state index contributed by atoms with van der Waals surface area (Å²) < 4.78 is 25.3. The van der Waals surface area contributed by atoms with Gasteiger partial charge in [0.25, 0.3) is 0 Å². The maximum atomic E-state index is 13.2. The van der Waals surface area contributed by atoms with E-state index in [1.807, 2.05) is 0 Å². The van der Waals surface area contributed by atoms with Crippen LogP contribution in [0.15, 0.2) is 35.4 Å². The van der Waals surface area contributed by atoms with Crippen molar-refractivity contribution in [3.05, 3.63) is 41.0 Å². The molecular formula is C22H28ClN3O5S. The number of sulfone groups is 1. The minimum atomic E-state index is -3.50. The van der Waals surface area contributed by atoms with Gasteiger partial charge in [0.15, 0.2) is 15.7 Å². The van der Waals surface area contributed by atoms with Crippen LogP contribution in [0.3, 0.4) is 0 Å². The molecule has 32 heavy (non-hydrogen) atoms. The molecule has 1 aromatic carbocycles. The first kappa shape index (κ1) is 24.4. The molecular weight excluding hydrogens is 454 g/mol. The quantitative estimate of drug-likeness (QED) is 0.597. The Bertz CT molecular complexity index is 1120. The third-order valence-corrected chi connectivity index (χ3v) is 7.01. The molecule has 1 aliphatic carbocycles. The highest BCUT2D eigenvalue weighted by Gasteiger charge is 2.30. The van der Waals surface area contributed by atoms with E-state index in [0.717, 1.165) is 12.7 Å². The van der Waals surface area contributed by atoms with Crippen molar-refractivity contribution in [3.8, 4) is 0 Å². The first-order chi connectivity index (χ1) is 14.8. The number of amides is 1. The summed E-state index contributed by atoms with van der Waals surface area (Å²) in [5, 5.41) is 17.1. The molecule has 3 rings (SSSR count). The van der Waals surface area contributed by atoms with Crippen LogP contribution in [0.2, 0.25) is 5.02 Å². The summed E-state index contributed by atoms with van der Waals surface area (Å²) in [6.45, 7) is 3.59. The molecule has 1 heterocycles. The lowest BCUT2D eigenvalue weighted by Gasteiger charge is -2.20. The fourth-order valence-electron chi connectivity index (χ4n) is 3.98. The lowest BCUT2D eigenvalue weighted by atomic mass is 9.87. The number of aliphatic hydroxyl groups is 1. The van der Waals surface area contributed by atoms with Crippen molar-refractivity contribution in [2.45, 2.75) is 62.5 Å². The molecule has 174 valence electrons. The molecule has 8 nitrogen and oxygen atoms in total. The second kappa shape index (κ2) is 9.33. The standard InChI is InChI=1S/C22H28ClN3O5S/c1-22(2,29)13-26-9-8-20(25-26)24-21(28)17(11-14-4-6-16(27)10-14)15-5-7-19(18(23)12-15)32(3,30)31/h5,7-9,12,14,17,29H,4,6,10-11,13H2,1-3H3,(H,24,25,28). The molecule has 0 spiro atoms. The molecule has 1 aromatic heterocycles. The van der Waals surface area contributed by atoms with Gasteiger partial charge in [-0.3, -0.25) is 14.3 Å². The number of halogens is 1. The number of aromatic nitrogens is 2. The third kappa shape index (κ3) is 6.40. The van der Waals surface area contributed by atoms with E-state index in [-0.39, 0.29) is 34.1 Å². The number of anilines is 1. The third-order valence-electron chi connectivity index (χ3n) is 5.43. The van der Waals surface area contributed by atoms with Crippen LogP contribution < -0.4 is 5.32 Å². The van der Waals surface area contributed by atoms with E-state index in [1.54, 1.807) is 32.2 Å². The number of hydrogen-bond acceptors (Lipinski definition) is 6. The maximum Gasteiger partial charge on any atom is 0.233 e. The van der Waals surface area contributed by atoms with Crippen LogP contribution in [-0.4, -0.2) is 46.9 Å². The second-order valence-corrected chi connectivity index (χ2v) is 11.5. The minimum Gasteiger partial charge on any atom is -0.389 e. The van der Waals surface area contributed by atoms with E-state index in [9.17, 15) is 23.1 Å². The highest BCUT2D eigenvalue weighted by Crippen LogP contribution is 2.35. The molecule has 2 aromatic rings. The first-order valence-electron chi connectivity index (χ1n) is 10.4. The van der Waals surface area contributed by atoms with Gasteiger partial charge in [0.2, 0.25) is 5.91 Å². The molecule has 1 aliphatic rings. The van der Waals surface area contributed by atoms with E-state index in [1.165, 1.54) is 16.8 Å². The van der Waals surface area contributed by atoms with E-state index >= 15 is 0 Å². The van der Waals surface area contributed by atoms with Gasteiger partial charge in [0, 0.05) is 31.4 Å². The molecule has 10 heteroatoms. The number of benzene rings is 1. The number of carbonyl (C=O) groups is 2. The van der Waals surface area contributed by atoms with Crippen LogP contribution in [0.4, 0.5) is 5.82 Å². The molecule has 1 amide bonds. The lowest BCUT2D eigenvalue weighted by molar-refractivity contribution is -0.119. The SMILES string of the molecule is CC(C)(O)Cn1ccc(NC(=O)C(CC2CCC(=O)C2)c2ccc(S(C)(=O)=O)c(Cl)c2)n1. The molecule has 0 aliphatic heterocycles. The van der Waals surface area contributed by atoms with E-state index in [2.05, 4.69) is 10.4 Å². The zero-order chi connectivity index (χ0) is 23.7. The van der Waals surface area contributed by atoms with Crippen molar-refractivity contribution in [2.24, 2.45) is 5.92 Å². The predicted octanol–water partition coefficient (Wildman–Crippen LogP) is 3.19. The second-order valence-electron chi connectivity index (χ2n) is 9.10. The highest BCUT2D eigenvalue weighted by molar-refractivity contribution is 7.90. The van der Waals surface area contributed by atoms with Crippen LogP contribution in [0.5, 0.6) is 0 Å². The van der Waals surface area contributed by atoms with Crippen LogP contribution >= 0.6 is 11.6 Å². The van der Waals surface area contributed by atoms with Crippen molar-refractivity contribution in [2.75, 3.05) is 11.6 Å². The van der Waals surface area contributed by atoms with Crippen LogP contribution in [0.25, 0.3) is 0 Å². The Balaban J connectivity index is 1.85. The Morgan fingerprint density at radius 2 is 2.09 bits per heavy atom. The molecule has 2 N–H and O–H groups in total. The zero-order valence-electron chi connectivity index (χ0n) is 18.3. The lowest BCUT2D eigenvalue weighted by Crippen LogP contribution is -2.27. The van der Waals surface area contributed by atoms with E-state index < -0.39 is 21.4 Å². The fraction of sp³-hybridized carbons (Fsp3) is 0.500. The van der Waals surface area contributed by atoms with Crippen LogP contribution in [-0.2, 0) is 26.0 Å². The predicted molar refractivity (Wildman–Crippen MR) is 121 cm³/mol.